The van der Waals surface area contributed by atoms with Gasteiger partial charge in [0, 0.05) is 11.8 Å². The van der Waals surface area contributed by atoms with E-state index in [1.165, 1.54) is 0 Å². The molecule has 0 bridgehead atoms. The molecule has 0 N–H and O–H groups in total. The summed E-state index contributed by atoms with van der Waals surface area (Å²) in [5, 5.41) is 0. The molecule has 0 amide bonds. The van der Waals surface area contributed by atoms with E-state index in [9.17, 15) is 9.59 Å². The SMILES string of the molecule is CCCC(C)C(=O)COCCOCCOCCOCCOCC(=O)C(C)CC. The first-order valence-electron chi connectivity index (χ1n) is 10.5. The summed E-state index contributed by atoms with van der Waals surface area (Å²) in [5.74, 6) is 0.409. The summed E-state index contributed by atoms with van der Waals surface area (Å²) in [4.78, 5) is 23.3. The minimum absolute atomic E-state index is 0.0556. The van der Waals surface area contributed by atoms with Crippen molar-refractivity contribution in [3.05, 3.63) is 0 Å². The van der Waals surface area contributed by atoms with Crippen molar-refractivity contribution in [3.8, 4) is 0 Å². The Bertz CT molecular complexity index is 387. The lowest BCUT2D eigenvalue weighted by atomic mass is 10.0. The summed E-state index contributed by atoms with van der Waals surface area (Å²) >= 11 is 0. The fourth-order valence-electron chi connectivity index (χ4n) is 2.23. The van der Waals surface area contributed by atoms with E-state index < -0.39 is 0 Å². The summed E-state index contributed by atoms with van der Waals surface area (Å²) in [6.45, 7) is 11.8. The maximum absolute atomic E-state index is 11.7. The Morgan fingerprint density at radius 2 is 0.964 bits per heavy atom. The molecule has 0 aromatic rings. The van der Waals surface area contributed by atoms with Crippen LogP contribution in [0.1, 0.15) is 47.0 Å². The molecule has 0 radical (unpaired) electrons. The van der Waals surface area contributed by atoms with E-state index in [1.807, 2.05) is 20.8 Å². The molecule has 0 aromatic heterocycles. The van der Waals surface area contributed by atoms with Crippen LogP contribution >= 0.6 is 0 Å². The van der Waals surface area contributed by atoms with Crippen LogP contribution in [0.25, 0.3) is 0 Å². The zero-order chi connectivity index (χ0) is 21.0. The van der Waals surface area contributed by atoms with E-state index in [0.29, 0.717) is 52.9 Å². The fraction of sp³-hybridized carbons (Fsp3) is 0.905. The highest BCUT2D eigenvalue weighted by Gasteiger charge is 2.11. The molecule has 0 aliphatic carbocycles. The lowest BCUT2D eigenvalue weighted by Gasteiger charge is -2.10. The third-order valence-corrected chi connectivity index (χ3v) is 4.41. The van der Waals surface area contributed by atoms with Gasteiger partial charge in [0.1, 0.15) is 13.2 Å². The number of hydrogen-bond acceptors (Lipinski definition) is 7. The van der Waals surface area contributed by atoms with E-state index in [4.69, 9.17) is 23.7 Å². The summed E-state index contributed by atoms with van der Waals surface area (Å²) in [6.07, 6.45) is 2.75. The first-order chi connectivity index (χ1) is 13.5. The monoisotopic (exact) mass is 404 g/mol. The molecule has 2 atom stereocenters. The molecule has 0 heterocycles. The van der Waals surface area contributed by atoms with Crippen molar-refractivity contribution in [3.63, 3.8) is 0 Å². The van der Waals surface area contributed by atoms with Gasteiger partial charge in [-0.25, -0.2) is 0 Å². The number of rotatable bonds is 21. The van der Waals surface area contributed by atoms with Gasteiger partial charge in [-0.05, 0) is 12.8 Å². The van der Waals surface area contributed by atoms with Crippen LogP contribution in [-0.4, -0.2) is 77.6 Å². The van der Waals surface area contributed by atoms with Gasteiger partial charge in [-0.3, -0.25) is 9.59 Å². The largest absolute Gasteiger partial charge is 0.377 e. The summed E-state index contributed by atoms with van der Waals surface area (Å²) in [5.41, 5.74) is 0. The van der Waals surface area contributed by atoms with Gasteiger partial charge in [-0.15, -0.1) is 0 Å². The van der Waals surface area contributed by atoms with Crippen LogP contribution in [0, 0.1) is 11.8 Å². The number of hydrogen-bond donors (Lipinski definition) is 0. The van der Waals surface area contributed by atoms with Gasteiger partial charge >= 0.3 is 0 Å². The van der Waals surface area contributed by atoms with Crippen LogP contribution in [0.5, 0.6) is 0 Å². The van der Waals surface area contributed by atoms with E-state index >= 15 is 0 Å². The zero-order valence-electron chi connectivity index (χ0n) is 18.2. The molecule has 0 aliphatic rings. The second-order valence-electron chi connectivity index (χ2n) is 6.87. The van der Waals surface area contributed by atoms with Crippen LogP contribution in [-0.2, 0) is 33.3 Å². The molecule has 0 fully saturated rings. The Hall–Kier alpha value is -0.860. The Labute approximate surface area is 170 Å². The van der Waals surface area contributed by atoms with E-state index in [1.54, 1.807) is 0 Å². The quantitative estimate of drug-likeness (QED) is 0.272. The molecule has 166 valence electrons. The van der Waals surface area contributed by atoms with Crippen LogP contribution < -0.4 is 0 Å². The van der Waals surface area contributed by atoms with Gasteiger partial charge < -0.3 is 23.7 Å². The van der Waals surface area contributed by atoms with Crippen molar-refractivity contribution < 1.29 is 33.3 Å². The Morgan fingerprint density at radius 3 is 1.32 bits per heavy atom. The van der Waals surface area contributed by atoms with Crippen molar-refractivity contribution in [1.82, 2.24) is 0 Å². The van der Waals surface area contributed by atoms with Crippen molar-refractivity contribution in [2.45, 2.75) is 47.0 Å². The van der Waals surface area contributed by atoms with Gasteiger partial charge in [-0.2, -0.15) is 0 Å². The molecular weight excluding hydrogens is 364 g/mol. The molecule has 0 aliphatic heterocycles. The Morgan fingerprint density at radius 1 is 0.607 bits per heavy atom. The summed E-state index contributed by atoms with van der Waals surface area (Å²) < 4.78 is 26.7. The third kappa shape index (κ3) is 16.1. The van der Waals surface area contributed by atoms with Crippen molar-refractivity contribution >= 4 is 11.6 Å². The fourth-order valence-corrected chi connectivity index (χ4v) is 2.23. The van der Waals surface area contributed by atoms with Crippen molar-refractivity contribution in [1.29, 1.82) is 0 Å². The molecule has 2 unspecified atom stereocenters. The lowest BCUT2D eigenvalue weighted by Crippen LogP contribution is -2.19. The van der Waals surface area contributed by atoms with E-state index in [2.05, 4.69) is 6.92 Å². The predicted octanol–water partition coefficient (Wildman–Crippen LogP) is 2.69. The number of carbonyl (C=O) groups is 2. The second-order valence-corrected chi connectivity index (χ2v) is 6.87. The number of ketones is 2. The highest BCUT2D eigenvalue weighted by atomic mass is 16.6. The van der Waals surface area contributed by atoms with Gasteiger partial charge in [-0.1, -0.05) is 34.1 Å². The zero-order valence-corrected chi connectivity index (χ0v) is 18.2. The van der Waals surface area contributed by atoms with Gasteiger partial charge in [0.15, 0.2) is 11.6 Å². The number of carbonyl (C=O) groups excluding carboxylic acids is 2. The molecule has 28 heavy (non-hydrogen) atoms. The molecule has 0 aromatic carbocycles. The van der Waals surface area contributed by atoms with E-state index in [-0.39, 0.29) is 36.6 Å². The van der Waals surface area contributed by atoms with Crippen LogP contribution in [0.3, 0.4) is 0 Å². The molecule has 7 heteroatoms. The Balaban J connectivity index is 3.24. The standard InChI is InChI=1S/C21H40O7/c1-5-7-19(4)21(23)17-28-15-13-26-11-9-24-8-10-25-12-14-27-16-20(22)18(3)6-2/h18-19H,5-17H2,1-4H3. The first-order valence-corrected chi connectivity index (χ1v) is 10.5. The molecule has 0 rings (SSSR count). The van der Waals surface area contributed by atoms with Gasteiger partial charge in [0.05, 0.1) is 52.9 Å². The number of ether oxygens (including phenoxy) is 5. The van der Waals surface area contributed by atoms with Crippen molar-refractivity contribution in [2.75, 3.05) is 66.1 Å². The van der Waals surface area contributed by atoms with Crippen LogP contribution in [0.4, 0.5) is 0 Å². The molecule has 0 spiro atoms. The molecule has 0 saturated carbocycles. The minimum atomic E-state index is 0.0556. The predicted molar refractivity (Wildman–Crippen MR) is 108 cm³/mol. The highest BCUT2D eigenvalue weighted by molar-refractivity contribution is 5.82. The second kappa shape index (κ2) is 19.5. The Kier molecular flexibility index (Phi) is 18.9. The normalized spacial score (nSPS) is 13.4. The van der Waals surface area contributed by atoms with Crippen molar-refractivity contribution in [2.24, 2.45) is 11.8 Å². The first kappa shape index (κ1) is 27.1. The summed E-state index contributed by atoms with van der Waals surface area (Å²) in [7, 11) is 0. The molecule has 7 nitrogen and oxygen atoms in total. The lowest BCUT2D eigenvalue weighted by molar-refractivity contribution is -0.128. The minimum Gasteiger partial charge on any atom is -0.377 e. The smallest absolute Gasteiger partial charge is 0.161 e. The number of Topliss-reactive ketones (excluding diaryl/α,β-unsaturated/α-hetero) is 2. The molecular formula is C21H40O7. The average Bonchev–Trinajstić information content (AvgIpc) is 2.69. The molecule has 0 saturated heterocycles. The van der Waals surface area contributed by atoms with Crippen LogP contribution in [0.2, 0.25) is 0 Å². The third-order valence-electron chi connectivity index (χ3n) is 4.41. The van der Waals surface area contributed by atoms with E-state index in [0.717, 1.165) is 19.3 Å². The van der Waals surface area contributed by atoms with Crippen LogP contribution in [0.15, 0.2) is 0 Å². The average molecular weight is 405 g/mol. The maximum atomic E-state index is 11.7. The maximum Gasteiger partial charge on any atom is 0.161 e. The van der Waals surface area contributed by atoms with Gasteiger partial charge in [0.2, 0.25) is 0 Å². The topological polar surface area (TPSA) is 80.3 Å². The highest BCUT2D eigenvalue weighted by Crippen LogP contribution is 2.06. The summed E-state index contributed by atoms with van der Waals surface area (Å²) in [6, 6.07) is 0. The van der Waals surface area contributed by atoms with Gasteiger partial charge in [0.25, 0.3) is 0 Å².